The monoisotopic (exact) mass is 159 g/mol. The molecule has 2 atom stereocenters. The lowest BCUT2D eigenvalue weighted by Crippen LogP contribution is -2.30. The summed E-state index contributed by atoms with van der Waals surface area (Å²) in [5.41, 5.74) is 5.43. The summed E-state index contributed by atoms with van der Waals surface area (Å²) in [6.45, 7) is 4.65. The van der Waals surface area contributed by atoms with E-state index in [-0.39, 0.29) is 6.10 Å². The van der Waals surface area contributed by atoms with Gasteiger partial charge in [0.05, 0.1) is 6.10 Å². The first kappa shape index (κ1) is 10.9. The lowest BCUT2D eigenvalue weighted by molar-refractivity contribution is 0.0743. The number of aliphatic hydroxyl groups is 1. The number of nitrogens with two attached hydrogens (primary N) is 1. The van der Waals surface area contributed by atoms with Gasteiger partial charge in [0.15, 0.2) is 0 Å². The van der Waals surface area contributed by atoms with E-state index in [4.69, 9.17) is 5.73 Å². The van der Waals surface area contributed by atoms with Crippen molar-refractivity contribution in [1.82, 2.24) is 0 Å². The molecule has 0 aliphatic heterocycles. The van der Waals surface area contributed by atoms with E-state index in [1.807, 2.05) is 13.8 Å². The minimum absolute atomic E-state index is 0.108. The first-order valence-corrected chi connectivity index (χ1v) is 4.72. The van der Waals surface area contributed by atoms with Crippen LogP contribution in [0, 0.1) is 5.92 Å². The van der Waals surface area contributed by atoms with Gasteiger partial charge in [0.2, 0.25) is 0 Å². The van der Waals surface area contributed by atoms with Crippen molar-refractivity contribution in [3.05, 3.63) is 0 Å². The molecular weight excluding hydrogens is 138 g/mol. The van der Waals surface area contributed by atoms with Crippen LogP contribution in [-0.4, -0.2) is 17.8 Å². The highest BCUT2D eigenvalue weighted by molar-refractivity contribution is 4.74. The normalized spacial score (nSPS) is 30.5. The molecule has 0 aromatic rings. The number of aliphatic hydroxyl groups excluding tert-OH is 1. The molecule has 1 aliphatic carbocycles. The fraction of sp³-hybridized carbons (Fsp3) is 1.00. The van der Waals surface area contributed by atoms with Gasteiger partial charge in [-0.1, -0.05) is 26.7 Å². The molecule has 1 aliphatic rings. The van der Waals surface area contributed by atoms with E-state index >= 15 is 0 Å². The van der Waals surface area contributed by atoms with Crippen molar-refractivity contribution in [1.29, 1.82) is 0 Å². The maximum atomic E-state index is 9.29. The van der Waals surface area contributed by atoms with Crippen molar-refractivity contribution in [3.63, 3.8) is 0 Å². The fourth-order valence-corrected chi connectivity index (χ4v) is 1.46. The Kier molecular flexibility index (Phi) is 6.57. The predicted molar refractivity (Wildman–Crippen MR) is 48.4 cm³/mol. The van der Waals surface area contributed by atoms with Crippen LogP contribution in [0.3, 0.4) is 0 Å². The average molecular weight is 159 g/mol. The molecule has 1 fully saturated rings. The molecule has 2 heteroatoms. The van der Waals surface area contributed by atoms with E-state index in [1.165, 1.54) is 12.8 Å². The highest BCUT2D eigenvalue weighted by Crippen LogP contribution is 2.22. The highest BCUT2D eigenvalue weighted by Gasteiger charge is 2.20. The van der Waals surface area contributed by atoms with E-state index < -0.39 is 0 Å². The third kappa shape index (κ3) is 3.73. The SMILES string of the molecule is CC.NCC1CCCCC1O. The van der Waals surface area contributed by atoms with Crippen LogP contribution in [0.1, 0.15) is 39.5 Å². The van der Waals surface area contributed by atoms with Gasteiger partial charge in [0, 0.05) is 0 Å². The summed E-state index contributed by atoms with van der Waals surface area (Å²) in [5, 5.41) is 9.29. The molecule has 2 nitrogen and oxygen atoms in total. The number of hydrogen-bond acceptors (Lipinski definition) is 2. The minimum Gasteiger partial charge on any atom is -0.393 e. The van der Waals surface area contributed by atoms with Crippen LogP contribution in [0.15, 0.2) is 0 Å². The van der Waals surface area contributed by atoms with Gasteiger partial charge < -0.3 is 10.8 Å². The molecule has 0 bridgehead atoms. The molecule has 0 amide bonds. The first-order valence-electron chi connectivity index (χ1n) is 4.72. The molecule has 11 heavy (non-hydrogen) atoms. The van der Waals surface area contributed by atoms with E-state index in [9.17, 15) is 5.11 Å². The topological polar surface area (TPSA) is 46.2 Å². The maximum absolute atomic E-state index is 9.29. The summed E-state index contributed by atoms with van der Waals surface area (Å²) in [7, 11) is 0. The smallest absolute Gasteiger partial charge is 0.0580 e. The van der Waals surface area contributed by atoms with Crippen molar-refractivity contribution in [2.45, 2.75) is 45.6 Å². The van der Waals surface area contributed by atoms with Gasteiger partial charge in [0.25, 0.3) is 0 Å². The second-order valence-electron chi connectivity index (χ2n) is 2.85. The maximum Gasteiger partial charge on any atom is 0.0580 e. The molecule has 0 aromatic carbocycles. The summed E-state index contributed by atoms with van der Waals surface area (Å²) in [6, 6.07) is 0. The van der Waals surface area contributed by atoms with E-state index in [1.54, 1.807) is 0 Å². The largest absolute Gasteiger partial charge is 0.393 e. The van der Waals surface area contributed by atoms with Crippen molar-refractivity contribution >= 4 is 0 Å². The Labute approximate surface area is 69.8 Å². The second kappa shape index (κ2) is 6.62. The van der Waals surface area contributed by atoms with Crippen molar-refractivity contribution < 1.29 is 5.11 Å². The Morgan fingerprint density at radius 2 is 1.82 bits per heavy atom. The number of rotatable bonds is 1. The molecule has 2 unspecified atom stereocenters. The zero-order valence-electron chi connectivity index (χ0n) is 7.71. The summed E-state index contributed by atoms with van der Waals surface area (Å²) >= 11 is 0. The van der Waals surface area contributed by atoms with Crippen LogP contribution in [0.25, 0.3) is 0 Å². The summed E-state index contributed by atoms with van der Waals surface area (Å²) in [4.78, 5) is 0. The van der Waals surface area contributed by atoms with Crippen molar-refractivity contribution in [2.75, 3.05) is 6.54 Å². The Hall–Kier alpha value is -0.0800. The van der Waals surface area contributed by atoms with E-state index in [2.05, 4.69) is 0 Å². The standard InChI is InChI=1S/C7H15NO.C2H6/c8-5-6-3-1-2-4-7(6)9;1-2/h6-7,9H,1-5,8H2;1-2H3. The van der Waals surface area contributed by atoms with Crippen LogP contribution in [0.2, 0.25) is 0 Å². The van der Waals surface area contributed by atoms with Gasteiger partial charge in [0.1, 0.15) is 0 Å². The summed E-state index contributed by atoms with van der Waals surface area (Å²) in [6.07, 6.45) is 4.40. The lowest BCUT2D eigenvalue weighted by atomic mass is 9.87. The molecule has 0 aromatic heterocycles. The molecular formula is C9H21NO. The van der Waals surface area contributed by atoms with Gasteiger partial charge >= 0.3 is 0 Å². The third-order valence-electron chi connectivity index (χ3n) is 2.17. The fourth-order valence-electron chi connectivity index (χ4n) is 1.46. The molecule has 3 N–H and O–H groups in total. The van der Waals surface area contributed by atoms with E-state index in [0.717, 1.165) is 12.8 Å². The van der Waals surface area contributed by atoms with E-state index in [0.29, 0.717) is 12.5 Å². The third-order valence-corrected chi connectivity index (χ3v) is 2.17. The van der Waals surface area contributed by atoms with Crippen LogP contribution < -0.4 is 5.73 Å². The Morgan fingerprint density at radius 3 is 2.18 bits per heavy atom. The van der Waals surface area contributed by atoms with Crippen LogP contribution in [-0.2, 0) is 0 Å². The molecule has 0 saturated heterocycles. The Bertz CT molecular complexity index is 85.6. The van der Waals surface area contributed by atoms with Crippen LogP contribution >= 0.6 is 0 Å². The molecule has 0 heterocycles. The Morgan fingerprint density at radius 1 is 1.27 bits per heavy atom. The second-order valence-corrected chi connectivity index (χ2v) is 2.85. The highest BCUT2D eigenvalue weighted by atomic mass is 16.3. The van der Waals surface area contributed by atoms with Gasteiger partial charge in [-0.05, 0) is 25.3 Å². The average Bonchev–Trinajstić information content (AvgIpc) is 2.09. The molecule has 1 rings (SSSR count). The zero-order chi connectivity index (χ0) is 8.69. The van der Waals surface area contributed by atoms with Crippen molar-refractivity contribution in [3.8, 4) is 0 Å². The van der Waals surface area contributed by atoms with Crippen LogP contribution in [0.4, 0.5) is 0 Å². The van der Waals surface area contributed by atoms with Crippen molar-refractivity contribution in [2.24, 2.45) is 11.7 Å². The minimum atomic E-state index is -0.108. The predicted octanol–water partition coefficient (Wildman–Crippen LogP) is 1.52. The summed E-state index contributed by atoms with van der Waals surface area (Å²) in [5.74, 6) is 0.388. The summed E-state index contributed by atoms with van der Waals surface area (Å²) < 4.78 is 0. The lowest BCUT2D eigenvalue weighted by Gasteiger charge is -2.25. The molecule has 1 saturated carbocycles. The first-order chi connectivity index (χ1) is 5.34. The molecule has 68 valence electrons. The quantitative estimate of drug-likeness (QED) is 0.609. The van der Waals surface area contributed by atoms with Crippen LogP contribution in [0.5, 0.6) is 0 Å². The van der Waals surface area contributed by atoms with Gasteiger partial charge in [-0.25, -0.2) is 0 Å². The zero-order valence-corrected chi connectivity index (χ0v) is 7.71. The molecule has 0 radical (unpaired) electrons. The number of hydrogen-bond donors (Lipinski definition) is 2. The van der Waals surface area contributed by atoms with Gasteiger partial charge in [-0.3, -0.25) is 0 Å². The van der Waals surface area contributed by atoms with Gasteiger partial charge in [-0.2, -0.15) is 0 Å². The Balaban J connectivity index is 0.000000461. The van der Waals surface area contributed by atoms with Gasteiger partial charge in [-0.15, -0.1) is 0 Å². The molecule has 0 spiro atoms.